The molecular weight excluding hydrogens is 456 g/mol. The van der Waals surface area contributed by atoms with Gasteiger partial charge in [0.05, 0.1) is 36.7 Å². The van der Waals surface area contributed by atoms with Crippen molar-refractivity contribution in [2.45, 2.75) is 19.4 Å². The number of hydrogen-bond donors (Lipinski definition) is 0. The van der Waals surface area contributed by atoms with E-state index in [0.717, 1.165) is 11.4 Å². The second kappa shape index (κ2) is 7.86. The van der Waals surface area contributed by atoms with Gasteiger partial charge in [0.2, 0.25) is 0 Å². The molecule has 1 heterocycles. The van der Waals surface area contributed by atoms with E-state index in [1.807, 2.05) is 12.2 Å². The number of ether oxygens (including phenoxy) is 3. The summed E-state index contributed by atoms with van der Waals surface area (Å²) in [4.78, 5) is 37.1. The molecule has 2 bridgehead atoms. The van der Waals surface area contributed by atoms with Crippen molar-refractivity contribution in [2.24, 2.45) is 28.8 Å². The number of methoxy groups -OCH3 is 2. The van der Waals surface area contributed by atoms with Gasteiger partial charge in [-0.1, -0.05) is 12.2 Å². The third-order valence-electron chi connectivity index (χ3n) is 5.85. The van der Waals surface area contributed by atoms with Crippen molar-refractivity contribution in [1.82, 2.24) is 5.01 Å². The molecular formula is C21H21BrN2O6. The number of rotatable bonds is 6. The van der Waals surface area contributed by atoms with E-state index in [0.29, 0.717) is 21.5 Å². The van der Waals surface area contributed by atoms with E-state index in [1.54, 1.807) is 19.1 Å². The lowest BCUT2D eigenvalue weighted by molar-refractivity contribution is -0.148. The predicted octanol–water partition coefficient (Wildman–Crippen LogP) is 2.54. The first-order chi connectivity index (χ1) is 14.3. The molecule has 30 heavy (non-hydrogen) atoms. The van der Waals surface area contributed by atoms with Gasteiger partial charge < -0.3 is 14.2 Å². The summed E-state index contributed by atoms with van der Waals surface area (Å²) in [6.07, 6.45) is 5.57. The Morgan fingerprint density at radius 1 is 1.20 bits per heavy atom. The highest BCUT2D eigenvalue weighted by atomic mass is 79.9. The third kappa shape index (κ3) is 3.30. The number of hydrazone groups is 1. The normalized spacial score (nSPS) is 27.7. The molecule has 2 fully saturated rings. The van der Waals surface area contributed by atoms with Crippen molar-refractivity contribution in [3.8, 4) is 11.5 Å². The molecule has 0 radical (unpaired) electrons. The lowest BCUT2D eigenvalue weighted by Gasteiger charge is -2.17. The summed E-state index contributed by atoms with van der Waals surface area (Å²) in [6, 6.07) is 3.34. The maximum atomic E-state index is 12.7. The van der Waals surface area contributed by atoms with Crippen LogP contribution in [0.25, 0.3) is 0 Å². The van der Waals surface area contributed by atoms with Crippen LogP contribution in [0.1, 0.15) is 18.9 Å². The molecule has 1 aliphatic heterocycles. The maximum absolute atomic E-state index is 12.7. The molecule has 2 aliphatic carbocycles. The minimum absolute atomic E-state index is 0.138. The zero-order valence-electron chi connectivity index (χ0n) is 16.7. The lowest BCUT2D eigenvalue weighted by atomic mass is 9.85. The van der Waals surface area contributed by atoms with Crippen LogP contribution in [0.15, 0.2) is 33.9 Å². The fourth-order valence-corrected chi connectivity index (χ4v) is 5.00. The Hall–Kier alpha value is -2.68. The minimum Gasteiger partial charge on any atom is -0.493 e. The maximum Gasteiger partial charge on any atom is 0.346 e. The molecule has 1 saturated carbocycles. The molecule has 0 spiro atoms. The van der Waals surface area contributed by atoms with Crippen molar-refractivity contribution in [3.05, 3.63) is 34.3 Å². The molecule has 1 saturated heterocycles. The van der Waals surface area contributed by atoms with E-state index in [1.165, 1.54) is 20.4 Å². The molecule has 9 heteroatoms. The standard InChI is InChI=1S/C21H21BrN2O6/c1-10(21(27)29-3)30-18-14(22)6-11(7-15(18)28-2)9-23-24-19(25)16-12-4-5-13(8-12)17(16)20(24)26/h4-7,9-10,12-13,16-17H,8H2,1-3H3/t10-,12-,13-,16-,17+/m0/s1. The first-order valence-electron chi connectivity index (χ1n) is 9.57. The Labute approximate surface area is 182 Å². The van der Waals surface area contributed by atoms with Gasteiger partial charge in [0.15, 0.2) is 17.6 Å². The molecule has 8 nitrogen and oxygen atoms in total. The second-order valence-corrected chi connectivity index (χ2v) is 8.40. The number of hydrogen-bond acceptors (Lipinski definition) is 7. The van der Waals surface area contributed by atoms with Crippen LogP contribution < -0.4 is 9.47 Å². The van der Waals surface area contributed by atoms with E-state index in [-0.39, 0.29) is 35.5 Å². The van der Waals surface area contributed by atoms with E-state index in [4.69, 9.17) is 9.47 Å². The zero-order chi connectivity index (χ0) is 21.6. The first kappa shape index (κ1) is 20.6. The molecule has 5 atom stereocenters. The second-order valence-electron chi connectivity index (χ2n) is 7.55. The van der Waals surface area contributed by atoms with Gasteiger partial charge in [0.1, 0.15) is 0 Å². The number of allylic oxidation sites excluding steroid dienone is 2. The quantitative estimate of drug-likeness (QED) is 0.271. The van der Waals surface area contributed by atoms with Gasteiger partial charge in [-0.3, -0.25) is 9.59 Å². The lowest BCUT2D eigenvalue weighted by Crippen LogP contribution is -2.28. The average Bonchev–Trinajstić information content (AvgIpc) is 3.41. The van der Waals surface area contributed by atoms with Crippen LogP contribution in [0.5, 0.6) is 11.5 Å². The molecule has 1 aromatic rings. The number of carbonyl (C=O) groups is 3. The Balaban J connectivity index is 1.54. The van der Waals surface area contributed by atoms with Crippen LogP contribution in [-0.4, -0.2) is 49.3 Å². The molecule has 2 amide bonds. The van der Waals surface area contributed by atoms with Crippen molar-refractivity contribution in [3.63, 3.8) is 0 Å². The summed E-state index contributed by atoms with van der Waals surface area (Å²) in [5, 5.41) is 5.17. The van der Waals surface area contributed by atoms with Crippen LogP contribution in [-0.2, 0) is 19.1 Å². The monoisotopic (exact) mass is 476 g/mol. The molecule has 0 N–H and O–H groups in total. The van der Waals surface area contributed by atoms with E-state index >= 15 is 0 Å². The SMILES string of the molecule is COC(=O)[C@H](C)Oc1c(Br)cc(C=NN2C(=O)[C@@H]3[C@H](C2=O)[C@H]2C=C[C@H]3C2)cc1OC. The van der Waals surface area contributed by atoms with Gasteiger partial charge in [0, 0.05) is 0 Å². The van der Waals surface area contributed by atoms with Crippen LogP contribution in [0.3, 0.4) is 0 Å². The van der Waals surface area contributed by atoms with Crippen LogP contribution in [0, 0.1) is 23.7 Å². The van der Waals surface area contributed by atoms with Gasteiger partial charge in [-0.25, -0.2) is 4.79 Å². The molecule has 158 valence electrons. The summed E-state index contributed by atoms with van der Waals surface area (Å²) in [7, 11) is 2.75. The highest BCUT2D eigenvalue weighted by Gasteiger charge is 2.59. The summed E-state index contributed by atoms with van der Waals surface area (Å²) >= 11 is 3.40. The summed E-state index contributed by atoms with van der Waals surface area (Å²) in [5.41, 5.74) is 0.593. The number of esters is 1. The Morgan fingerprint density at radius 2 is 1.83 bits per heavy atom. The van der Waals surface area contributed by atoms with E-state index in [2.05, 4.69) is 25.8 Å². The summed E-state index contributed by atoms with van der Waals surface area (Å²) in [6.45, 7) is 1.57. The van der Waals surface area contributed by atoms with Crippen molar-refractivity contribution in [1.29, 1.82) is 0 Å². The fourth-order valence-electron chi connectivity index (χ4n) is 4.44. The summed E-state index contributed by atoms with van der Waals surface area (Å²) in [5.74, 6) is -0.610. The van der Waals surface area contributed by atoms with Crippen molar-refractivity contribution < 1.29 is 28.6 Å². The molecule has 4 rings (SSSR count). The number of amides is 2. The van der Waals surface area contributed by atoms with Crippen molar-refractivity contribution >= 4 is 39.9 Å². The first-order valence-corrected chi connectivity index (χ1v) is 10.4. The highest BCUT2D eigenvalue weighted by Crippen LogP contribution is 2.52. The molecule has 0 unspecified atom stereocenters. The Kier molecular flexibility index (Phi) is 5.40. The Bertz CT molecular complexity index is 944. The number of nitrogens with zero attached hydrogens (tertiary/aromatic N) is 2. The summed E-state index contributed by atoms with van der Waals surface area (Å²) < 4.78 is 16.2. The number of carbonyl (C=O) groups excluding carboxylic acids is 3. The van der Waals surface area contributed by atoms with Crippen LogP contribution >= 0.6 is 15.9 Å². The predicted molar refractivity (Wildman–Crippen MR) is 110 cm³/mol. The van der Waals surface area contributed by atoms with E-state index < -0.39 is 12.1 Å². The Morgan fingerprint density at radius 3 is 2.40 bits per heavy atom. The number of halogens is 1. The van der Waals surface area contributed by atoms with Gasteiger partial charge in [-0.05, 0) is 58.8 Å². The average molecular weight is 477 g/mol. The van der Waals surface area contributed by atoms with Crippen LogP contribution in [0.2, 0.25) is 0 Å². The fraction of sp³-hybridized carbons (Fsp3) is 0.429. The number of benzene rings is 1. The third-order valence-corrected chi connectivity index (χ3v) is 6.44. The van der Waals surface area contributed by atoms with Gasteiger partial charge in [-0.15, -0.1) is 0 Å². The smallest absolute Gasteiger partial charge is 0.346 e. The van der Waals surface area contributed by atoms with Gasteiger partial charge in [-0.2, -0.15) is 10.1 Å². The molecule has 3 aliphatic rings. The molecule has 0 aromatic heterocycles. The number of imide groups is 1. The molecule has 1 aromatic carbocycles. The number of fused-ring (bicyclic) bond motifs is 5. The highest BCUT2D eigenvalue weighted by molar-refractivity contribution is 9.10. The topological polar surface area (TPSA) is 94.5 Å². The van der Waals surface area contributed by atoms with Gasteiger partial charge >= 0.3 is 5.97 Å². The van der Waals surface area contributed by atoms with Crippen LogP contribution in [0.4, 0.5) is 0 Å². The van der Waals surface area contributed by atoms with E-state index in [9.17, 15) is 14.4 Å². The van der Waals surface area contributed by atoms with Crippen molar-refractivity contribution in [2.75, 3.05) is 14.2 Å². The van der Waals surface area contributed by atoms with Gasteiger partial charge in [0.25, 0.3) is 11.8 Å². The minimum atomic E-state index is -0.831. The zero-order valence-corrected chi connectivity index (χ0v) is 18.3. The largest absolute Gasteiger partial charge is 0.493 e.